The summed E-state index contributed by atoms with van der Waals surface area (Å²) in [5, 5.41) is 16.8. The van der Waals surface area contributed by atoms with Crippen molar-refractivity contribution in [1.82, 2.24) is 20.6 Å². The summed E-state index contributed by atoms with van der Waals surface area (Å²) < 4.78 is 51.9. The van der Waals surface area contributed by atoms with Crippen LogP contribution >= 0.6 is 22.7 Å². The van der Waals surface area contributed by atoms with Gasteiger partial charge in [-0.3, -0.25) is 14.4 Å². The van der Waals surface area contributed by atoms with Gasteiger partial charge in [-0.15, -0.1) is 22.7 Å². The molecule has 3 aromatic rings. The number of carbonyl (C=O) groups is 3. The average Bonchev–Trinajstić information content (AvgIpc) is 3.59. The zero-order valence-electron chi connectivity index (χ0n) is 21.6. The summed E-state index contributed by atoms with van der Waals surface area (Å²) in [5.41, 5.74) is 1.26. The smallest absolute Gasteiger partial charge is 0.389 e. The monoisotopic (exact) mass is 600 g/mol. The molecule has 3 N–H and O–H groups in total. The lowest BCUT2D eigenvalue weighted by Crippen LogP contribution is -2.51. The lowest BCUT2D eigenvalue weighted by Gasteiger charge is -2.23. The van der Waals surface area contributed by atoms with Gasteiger partial charge < -0.3 is 15.7 Å². The number of Topliss-reactive ketones (excluding diaryl/α,β-unsaturated/α-hetero) is 1. The fourth-order valence-corrected chi connectivity index (χ4v) is 5.31. The number of rotatable bonds is 13. The van der Waals surface area contributed by atoms with E-state index >= 15 is 0 Å². The van der Waals surface area contributed by atoms with Crippen molar-refractivity contribution in [3.05, 3.63) is 57.2 Å². The molecule has 0 aliphatic heterocycles. The zero-order valence-corrected chi connectivity index (χ0v) is 23.3. The van der Waals surface area contributed by atoms with Gasteiger partial charge in [-0.05, 0) is 57.2 Å². The third-order valence-electron chi connectivity index (χ3n) is 5.88. The number of ketones is 1. The van der Waals surface area contributed by atoms with Crippen LogP contribution in [0.5, 0.6) is 0 Å². The first-order valence-electron chi connectivity index (χ1n) is 12.4. The number of aliphatic hydroxyl groups is 1. The number of amides is 2. The minimum absolute atomic E-state index is 0.00931. The Balaban J connectivity index is 1.77. The largest absolute Gasteiger partial charge is 0.393 e. The van der Waals surface area contributed by atoms with Gasteiger partial charge in [0.1, 0.15) is 21.7 Å². The van der Waals surface area contributed by atoms with Crippen LogP contribution in [-0.2, 0) is 4.79 Å². The fraction of sp³-hybridized carbons (Fsp3) is 0.423. The summed E-state index contributed by atoms with van der Waals surface area (Å²) in [6.07, 6.45) is -4.29. The highest BCUT2D eigenvalue weighted by molar-refractivity contribution is 7.17. The van der Waals surface area contributed by atoms with Gasteiger partial charge in [-0.25, -0.2) is 14.4 Å². The van der Waals surface area contributed by atoms with Gasteiger partial charge in [0.25, 0.3) is 5.91 Å². The molecule has 3 rings (SSSR count). The van der Waals surface area contributed by atoms with Crippen LogP contribution in [0.25, 0.3) is 10.6 Å². The van der Waals surface area contributed by atoms with Gasteiger partial charge in [0.2, 0.25) is 11.7 Å². The highest BCUT2D eigenvalue weighted by Gasteiger charge is 2.32. The number of aromatic nitrogens is 2. The van der Waals surface area contributed by atoms with Crippen molar-refractivity contribution in [2.45, 2.75) is 70.3 Å². The molecule has 2 amide bonds. The molecule has 8 nitrogen and oxygen atoms in total. The molecule has 0 aliphatic carbocycles. The maximum atomic E-state index is 13.7. The number of thiazole rings is 2. The van der Waals surface area contributed by atoms with Gasteiger partial charge in [-0.2, -0.15) is 13.2 Å². The molecule has 1 aromatic carbocycles. The lowest BCUT2D eigenvalue weighted by atomic mass is 10.0. The molecular formula is C26H28F4N4O4S2. The second kappa shape index (κ2) is 13.9. The van der Waals surface area contributed by atoms with Gasteiger partial charge in [-0.1, -0.05) is 6.07 Å². The summed E-state index contributed by atoms with van der Waals surface area (Å²) in [4.78, 5) is 47.4. The third-order valence-corrected chi connectivity index (χ3v) is 7.70. The Hall–Kier alpha value is -3.23. The molecule has 3 atom stereocenters. The van der Waals surface area contributed by atoms with E-state index in [1.165, 1.54) is 36.8 Å². The van der Waals surface area contributed by atoms with Gasteiger partial charge >= 0.3 is 6.18 Å². The number of hydrogen-bond acceptors (Lipinski definition) is 8. The molecule has 0 radical (unpaired) electrons. The highest BCUT2D eigenvalue weighted by atomic mass is 32.1. The Morgan fingerprint density at radius 1 is 1.07 bits per heavy atom. The maximum absolute atomic E-state index is 13.7. The van der Waals surface area contributed by atoms with E-state index in [1.807, 2.05) is 0 Å². The van der Waals surface area contributed by atoms with Crippen molar-refractivity contribution in [2.24, 2.45) is 0 Å². The number of nitrogens with one attached hydrogen (secondary N) is 2. The van der Waals surface area contributed by atoms with E-state index in [0.717, 1.165) is 28.2 Å². The van der Waals surface area contributed by atoms with Crippen molar-refractivity contribution < 1.29 is 37.1 Å². The van der Waals surface area contributed by atoms with Crippen LogP contribution in [0, 0.1) is 12.7 Å². The Kier molecular flexibility index (Phi) is 10.9. The van der Waals surface area contributed by atoms with E-state index in [2.05, 4.69) is 20.6 Å². The van der Waals surface area contributed by atoms with Gasteiger partial charge in [0.15, 0.2) is 5.01 Å². The number of halogens is 4. The van der Waals surface area contributed by atoms with E-state index in [1.54, 1.807) is 13.0 Å². The van der Waals surface area contributed by atoms with E-state index in [9.17, 15) is 37.1 Å². The number of hydrogen-bond donors (Lipinski definition) is 3. The molecule has 216 valence electrons. The Morgan fingerprint density at radius 3 is 2.48 bits per heavy atom. The van der Waals surface area contributed by atoms with Crippen molar-refractivity contribution >= 4 is 40.3 Å². The Bertz CT molecular complexity index is 1310. The van der Waals surface area contributed by atoms with E-state index in [-0.39, 0.29) is 29.1 Å². The second-order valence-corrected chi connectivity index (χ2v) is 11.1. The minimum atomic E-state index is -4.43. The zero-order chi connectivity index (χ0) is 29.4. The van der Waals surface area contributed by atoms with Crippen LogP contribution in [0.15, 0.2) is 36.0 Å². The summed E-state index contributed by atoms with van der Waals surface area (Å²) >= 11 is 1.98. The topological polar surface area (TPSA) is 121 Å². The molecule has 0 spiro atoms. The van der Waals surface area contributed by atoms with Crippen LogP contribution in [0.3, 0.4) is 0 Å². The maximum Gasteiger partial charge on any atom is 0.389 e. The quantitative estimate of drug-likeness (QED) is 0.186. The first kappa shape index (κ1) is 31.3. The van der Waals surface area contributed by atoms with Crippen molar-refractivity contribution in [1.29, 1.82) is 0 Å². The molecular weight excluding hydrogens is 572 g/mol. The number of carbonyl (C=O) groups excluding carboxylic acids is 3. The first-order chi connectivity index (χ1) is 18.8. The first-order valence-corrected chi connectivity index (χ1v) is 14.1. The molecule has 2 heterocycles. The van der Waals surface area contributed by atoms with Gasteiger partial charge in [0.05, 0.1) is 18.3 Å². The Morgan fingerprint density at radius 2 is 1.82 bits per heavy atom. The van der Waals surface area contributed by atoms with Crippen LogP contribution in [0.4, 0.5) is 17.6 Å². The number of nitrogens with zero attached hydrogens (tertiary/aromatic N) is 2. The summed E-state index contributed by atoms with van der Waals surface area (Å²) in [5.74, 6) is -2.55. The third kappa shape index (κ3) is 9.17. The predicted molar refractivity (Wildman–Crippen MR) is 143 cm³/mol. The molecule has 14 heteroatoms. The number of aliphatic hydroxyl groups excluding tert-OH is 1. The SMILES string of the molecule is Cc1ccc(F)cc1-c1ncc(C(=O)N[C@@H](CCC(C)O)C(=O)N[C@@H](CCCC(F)(F)F)C(=O)c2nccs2)s1. The Labute approximate surface area is 235 Å². The fourth-order valence-electron chi connectivity index (χ4n) is 3.78. The van der Waals surface area contributed by atoms with Crippen molar-refractivity contribution in [2.75, 3.05) is 0 Å². The molecule has 0 bridgehead atoms. The second-order valence-electron chi connectivity index (χ2n) is 9.21. The van der Waals surface area contributed by atoms with E-state index in [4.69, 9.17) is 0 Å². The van der Waals surface area contributed by atoms with E-state index < -0.39 is 60.6 Å². The highest BCUT2D eigenvalue weighted by Crippen LogP contribution is 2.29. The molecule has 0 aliphatic rings. The van der Waals surface area contributed by atoms with Crippen LogP contribution in [0.2, 0.25) is 0 Å². The standard InChI is InChI=1S/C26H28F4N4O4S2/c1-14-5-7-16(27)12-17(14)24-32-13-20(40-24)23(38)34-19(8-6-15(2)35)22(37)33-18(4-3-9-26(28,29)30)21(36)25-31-10-11-39-25/h5,7,10-13,15,18-19,35H,3-4,6,8-9H2,1-2H3,(H,33,37)(H,34,38)/t15?,18-,19-/m0/s1. The molecule has 2 aromatic heterocycles. The number of aryl methyl sites for hydroxylation is 1. The van der Waals surface area contributed by atoms with Crippen molar-refractivity contribution in [3.8, 4) is 10.6 Å². The normalized spacial score (nSPS) is 13.9. The van der Waals surface area contributed by atoms with Crippen LogP contribution < -0.4 is 10.6 Å². The predicted octanol–water partition coefficient (Wildman–Crippen LogP) is 5.07. The van der Waals surface area contributed by atoms with Crippen LogP contribution in [-0.4, -0.2) is 57.0 Å². The summed E-state index contributed by atoms with van der Waals surface area (Å²) in [7, 11) is 0. The van der Waals surface area contributed by atoms with Gasteiger partial charge in [0, 0.05) is 23.6 Å². The summed E-state index contributed by atoms with van der Waals surface area (Å²) in [6.45, 7) is 3.27. The molecule has 1 unspecified atom stereocenters. The summed E-state index contributed by atoms with van der Waals surface area (Å²) in [6, 6.07) is 1.69. The minimum Gasteiger partial charge on any atom is -0.393 e. The lowest BCUT2D eigenvalue weighted by molar-refractivity contribution is -0.135. The van der Waals surface area contributed by atoms with E-state index in [0.29, 0.717) is 10.6 Å². The number of alkyl halides is 3. The van der Waals surface area contributed by atoms with Crippen LogP contribution in [0.1, 0.15) is 64.1 Å². The molecule has 0 saturated heterocycles. The molecule has 40 heavy (non-hydrogen) atoms. The average molecular weight is 601 g/mol. The van der Waals surface area contributed by atoms with Crippen molar-refractivity contribution in [3.63, 3.8) is 0 Å². The molecule has 0 fully saturated rings. The number of benzene rings is 1. The molecule has 0 saturated carbocycles.